The van der Waals surface area contributed by atoms with E-state index >= 15 is 0 Å². The highest BCUT2D eigenvalue weighted by Gasteiger charge is 2.20. The van der Waals surface area contributed by atoms with Gasteiger partial charge < -0.3 is 15.0 Å². The number of amides is 1. The van der Waals surface area contributed by atoms with Gasteiger partial charge in [-0.3, -0.25) is 4.79 Å². The molecule has 1 amide bonds. The zero-order valence-electron chi connectivity index (χ0n) is 16.4. The Hall–Kier alpha value is -3.26. The number of rotatable bonds is 6. The summed E-state index contributed by atoms with van der Waals surface area (Å²) in [5.74, 6) is 0.349. The molecule has 0 saturated carbocycles. The molecule has 150 valence electrons. The maximum Gasteiger partial charge on any atom is 0.246 e. The van der Waals surface area contributed by atoms with Crippen molar-refractivity contribution in [3.05, 3.63) is 60.2 Å². The smallest absolute Gasteiger partial charge is 0.246 e. The second-order valence-electron chi connectivity index (χ2n) is 6.92. The van der Waals surface area contributed by atoms with Gasteiger partial charge in [0.15, 0.2) is 0 Å². The van der Waals surface area contributed by atoms with Crippen molar-refractivity contribution in [2.45, 2.75) is 19.5 Å². The molecule has 1 saturated heterocycles. The monoisotopic (exact) mass is 392 g/mol. The maximum absolute atomic E-state index is 12.7. The van der Waals surface area contributed by atoms with Crippen LogP contribution < -0.4 is 10.2 Å². The summed E-state index contributed by atoms with van der Waals surface area (Å²) in [6, 6.07) is 17.1. The SMILES string of the molecule is CC(C(=O)NCc1ccccc1N1CCOCC1)n1nnc(-c2ccccc2)n1. The minimum atomic E-state index is -0.560. The predicted octanol–water partition coefficient (Wildman–Crippen LogP) is 2.05. The van der Waals surface area contributed by atoms with E-state index in [4.69, 9.17) is 4.74 Å². The highest BCUT2D eigenvalue weighted by Crippen LogP contribution is 2.21. The van der Waals surface area contributed by atoms with Crippen molar-refractivity contribution in [3.8, 4) is 11.4 Å². The summed E-state index contributed by atoms with van der Waals surface area (Å²) in [4.78, 5) is 16.3. The average Bonchev–Trinajstić information content (AvgIpc) is 3.29. The second-order valence-corrected chi connectivity index (χ2v) is 6.92. The largest absolute Gasteiger partial charge is 0.378 e. The van der Waals surface area contributed by atoms with Crippen molar-refractivity contribution in [1.82, 2.24) is 25.5 Å². The van der Waals surface area contributed by atoms with Gasteiger partial charge in [0.05, 0.1) is 13.2 Å². The predicted molar refractivity (Wildman–Crippen MR) is 109 cm³/mol. The third-order valence-corrected chi connectivity index (χ3v) is 4.98. The van der Waals surface area contributed by atoms with Crippen LogP contribution in [0.2, 0.25) is 0 Å². The summed E-state index contributed by atoms with van der Waals surface area (Å²) in [6.07, 6.45) is 0. The van der Waals surface area contributed by atoms with Crippen molar-refractivity contribution in [1.29, 1.82) is 0 Å². The van der Waals surface area contributed by atoms with Crippen LogP contribution in [0.15, 0.2) is 54.6 Å². The molecule has 0 radical (unpaired) electrons. The molecule has 8 nitrogen and oxygen atoms in total. The highest BCUT2D eigenvalue weighted by molar-refractivity contribution is 5.79. The molecule has 0 spiro atoms. The molecular formula is C21H24N6O2. The Balaban J connectivity index is 1.41. The molecule has 2 heterocycles. The topological polar surface area (TPSA) is 85.2 Å². The van der Waals surface area contributed by atoms with E-state index in [1.54, 1.807) is 6.92 Å². The average molecular weight is 392 g/mol. The Kier molecular flexibility index (Phi) is 5.81. The number of carbonyl (C=O) groups is 1. The van der Waals surface area contributed by atoms with E-state index in [1.165, 1.54) is 4.80 Å². The third kappa shape index (κ3) is 4.43. The Labute approximate surface area is 169 Å². The maximum atomic E-state index is 12.7. The molecule has 2 aromatic carbocycles. The molecule has 0 aliphatic carbocycles. The summed E-state index contributed by atoms with van der Waals surface area (Å²) >= 11 is 0. The standard InChI is InChI=1S/C21H24N6O2/c1-16(27-24-20(23-25-27)17-7-3-2-4-8-17)21(28)22-15-18-9-5-6-10-19(18)26-11-13-29-14-12-26/h2-10,16H,11-15H2,1H3,(H,22,28). The Bertz CT molecular complexity index is 953. The zero-order valence-corrected chi connectivity index (χ0v) is 16.4. The molecule has 1 aliphatic heterocycles. The number of hydrogen-bond acceptors (Lipinski definition) is 6. The van der Waals surface area contributed by atoms with Gasteiger partial charge in [-0.15, -0.1) is 10.2 Å². The fraction of sp³-hybridized carbons (Fsp3) is 0.333. The molecule has 1 aromatic heterocycles. The molecule has 0 bridgehead atoms. The fourth-order valence-electron chi connectivity index (χ4n) is 3.30. The van der Waals surface area contributed by atoms with Crippen LogP contribution in [0.4, 0.5) is 5.69 Å². The molecule has 3 aromatic rings. The summed E-state index contributed by atoms with van der Waals surface area (Å²) in [5, 5.41) is 15.5. The van der Waals surface area contributed by atoms with Crippen LogP contribution in [0.3, 0.4) is 0 Å². The first-order chi connectivity index (χ1) is 14.2. The molecule has 29 heavy (non-hydrogen) atoms. The van der Waals surface area contributed by atoms with Crippen LogP contribution in [-0.4, -0.2) is 52.4 Å². The number of nitrogens with one attached hydrogen (secondary N) is 1. The first kappa shape index (κ1) is 19.1. The number of morpholine rings is 1. The normalized spacial score (nSPS) is 15.1. The number of carbonyl (C=O) groups excluding carboxylic acids is 1. The van der Waals surface area contributed by atoms with Crippen molar-refractivity contribution in [3.63, 3.8) is 0 Å². The molecule has 8 heteroatoms. The summed E-state index contributed by atoms with van der Waals surface area (Å²) in [6.45, 7) is 5.36. The van der Waals surface area contributed by atoms with Crippen LogP contribution in [0, 0.1) is 0 Å². The van der Waals surface area contributed by atoms with Gasteiger partial charge in [0, 0.05) is 30.9 Å². The molecule has 1 aliphatic rings. The van der Waals surface area contributed by atoms with Gasteiger partial charge in [0.1, 0.15) is 6.04 Å². The van der Waals surface area contributed by atoms with E-state index in [0.29, 0.717) is 12.4 Å². The lowest BCUT2D eigenvalue weighted by atomic mass is 10.1. The number of para-hydroxylation sites is 1. The first-order valence-corrected chi connectivity index (χ1v) is 9.75. The van der Waals surface area contributed by atoms with Gasteiger partial charge in [-0.25, -0.2) is 0 Å². The van der Waals surface area contributed by atoms with Crippen molar-refractivity contribution < 1.29 is 9.53 Å². The Morgan fingerprint density at radius 2 is 1.83 bits per heavy atom. The highest BCUT2D eigenvalue weighted by atomic mass is 16.5. The van der Waals surface area contributed by atoms with E-state index < -0.39 is 6.04 Å². The number of benzene rings is 2. The van der Waals surface area contributed by atoms with Gasteiger partial charge in [0.25, 0.3) is 0 Å². The number of nitrogens with zero attached hydrogens (tertiary/aromatic N) is 5. The minimum Gasteiger partial charge on any atom is -0.378 e. The van der Waals surface area contributed by atoms with E-state index in [0.717, 1.165) is 43.1 Å². The van der Waals surface area contributed by atoms with Crippen LogP contribution in [0.5, 0.6) is 0 Å². The molecule has 1 atom stereocenters. The van der Waals surface area contributed by atoms with E-state index in [2.05, 4.69) is 31.7 Å². The van der Waals surface area contributed by atoms with Crippen molar-refractivity contribution in [2.24, 2.45) is 0 Å². The molecule has 1 unspecified atom stereocenters. The van der Waals surface area contributed by atoms with Gasteiger partial charge >= 0.3 is 0 Å². The Morgan fingerprint density at radius 1 is 1.10 bits per heavy atom. The van der Waals surface area contributed by atoms with Gasteiger partial charge in [-0.1, -0.05) is 48.5 Å². The van der Waals surface area contributed by atoms with Crippen LogP contribution in [-0.2, 0) is 16.1 Å². The fourth-order valence-corrected chi connectivity index (χ4v) is 3.30. The quantitative estimate of drug-likeness (QED) is 0.691. The first-order valence-electron chi connectivity index (χ1n) is 9.75. The number of tetrazole rings is 1. The van der Waals surface area contributed by atoms with E-state index in [1.807, 2.05) is 48.5 Å². The van der Waals surface area contributed by atoms with Crippen LogP contribution in [0.25, 0.3) is 11.4 Å². The zero-order chi connectivity index (χ0) is 20.1. The Morgan fingerprint density at radius 3 is 2.62 bits per heavy atom. The molecule has 4 rings (SSSR count). The number of hydrogen-bond donors (Lipinski definition) is 1. The molecule has 1 N–H and O–H groups in total. The van der Waals surface area contributed by atoms with Crippen molar-refractivity contribution >= 4 is 11.6 Å². The third-order valence-electron chi connectivity index (χ3n) is 4.98. The molecular weight excluding hydrogens is 368 g/mol. The number of anilines is 1. The lowest BCUT2D eigenvalue weighted by molar-refractivity contribution is -0.124. The summed E-state index contributed by atoms with van der Waals surface area (Å²) < 4.78 is 5.44. The van der Waals surface area contributed by atoms with E-state index in [9.17, 15) is 4.79 Å². The van der Waals surface area contributed by atoms with Crippen LogP contribution >= 0.6 is 0 Å². The number of ether oxygens (including phenoxy) is 1. The minimum absolute atomic E-state index is 0.154. The summed E-state index contributed by atoms with van der Waals surface area (Å²) in [5.41, 5.74) is 3.08. The summed E-state index contributed by atoms with van der Waals surface area (Å²) in [7, 11) is 0. The second kappa shape index (κ2) is 8.83. The van der Waals surface area contributed by atoms with Crippen LogP contribution in [0.1, 0.15) is 18.5 Å². The van der Waals surface area contributed by atoms with Gasteiger partial charge in [-0.05, 0) is 23.8 Å². The lowest BCUT2D eigenvalue weighted by Gasteiger charge is -2.30. The van der Waals surface area contributed by atoms with Gasteiger partial charge in [0.2, 0.25) is 11.7 Å². The van der Waals surface area contributed by atoms with Crippen molar-refractivity contribution in [2.75, 3.05) is 31.2 Å². The molecule has 1 fully saturated rings. The van der Waals surface area contributed by atoms with Gasteiger partial charge in [-0.2, -0.15) is 4.80 Å². The van der Waals surface area contributed by atoms with E-state index in [-0.39, 0.29) is 5.91 Å². The number of aromatic nitrogens is 4. The lowest BCUT2D eigenvalue weighted by Crippen LogP contribution is -2.37.